The highest BCUT2D eigenvalue weighted by molar-refractivity contribution is 6.30. The molecule has 0 amide bonds. The van der Waals surface area contributed by atoms with E-state index in [0.717, 1.165) is 10.3 Å². The highest BCUT2D eigenvalue weighted by atomic mass is 35.5. The molecule has 80 valence electrons. The third kappa shape index (κ3) is 2.61. The quantitative estimate of drug-likeness (QED) is 0.336. The summed E-state index contributed by atoms with van der Waals surface area (Å²) >= 11 is 5.83. The topological polar surface area (TPSA) is 26.1 Å². The lowest BCUT2D eigenvalue weighted by Gasteiger charge is -2.02. The molecule has 3 heteroatoms. The number of benzene rings is 2. The predicted octanol–water partition coefficient (Wildman–Crippen LogP) is 3.60. The number of hydrogen-bond acceptors (Lipinski definition) is 1. The molecule has 0 aliphatic rings. The van der Waals surface area contributed by atoms with Crippen molar-refractivity contribution >= 4 is 23.5 Å². The van der Waals surface area contributed by atoms with Gasteiger partial charge in [0.25, 0.3) is 0 Å². The van der Waals surface area contributed by atoms with Crippen molar-refractivity contribution < 1.29 is 4.74 Å². The van der Waals surface area contributed by atoms with Gasteiger partial charge in [0, 0.05) is 22.7 Å². The van der Waals surface area contributed by atoms with Crippen LogP contribution in [0.25, 0.3) is 0 Å². The lowest BCUT2D eigenvalue weighted by atomic mass is 10.2. The van der Waals surface area contributed by atoms with E-state index in [2.05, 4.69) is 0 Å². The lowest BCUT2D eigenvalue weighted by molar-refractivity contribution is -0.354. The largest absolute Gasteiger partial charge is 0.618 e. The van der Waals surface area contributed by atoms with Gasteiger partial charge in [-0.25, -0.2) is 0 Å². The van der Waals surface area contributed by atoms with Gasteiger partial charge in [0.2, 0.25) is 5.69 Å². The number of rotatable bonds is 2. The fourth-order valence-corrected chi connectivity index (χ4v) is 1.57. The first-order chi connectivity index (χ1) is 7.75. The standard InChI is InChI=1S/C13H10ClNO/c14-12-6-4-5-11(9-12)10-15(16)13-7-2-1-3-8-13/h1-10H. The van der Waals surface area contributed by atoms with Crippen LogP contribution in [0.1, 0.15) is 5.56 Å². The molecule has 0 aliphatic carbocycles. The summed E-state index contributed by atoms with van der Waals surface area (Å²) in [6.07, 6.45) is 1.50. The number of halogens is 1. The molecule has 0 saturated heterocycles. The first-order valence-corrected chi connectivity index (χ1v) is 5.25. The molecule has 0 aliphatic heterocycles. The van der Waals surface area contributed by atoms with Crippen molar-refractivity contribution in [3.8, 4) is 0 Å². The minimum Gasteiger partial charge on any atom is -0.618 e. The zero-order valence-electron chi connectivity index (χ0n) is 8.51. The van der Waals surface area contributed by atoms with Crippen LogP contribution in [0.15, 0.2) is 54.6 Å². The second kappa shape index (κ2) is 4.81. The van der Waals surface area contributed by atoms with E-state index >= 15 is 0 Å². The van der Waals surface area contributed by atoms with Crippen LogP contribution in [0.5, 0.6) is 0 Å². The monoisotopic (exact) mass is 231 g/mol. The molecule has 0 heterocycles. The molecule has 0 bridgehead atoms. The first kappa shape index (κ1) is 10.7. The van der Waals surface area contributed by atoms with Gasteiger partial charge in [-0.3, -0.25) is 0 Å². The van der Waals surface area contributed by atoms with Crippen molar-refractivity contribution in [3.05, 3.63) is 70.4 Å². The van der Waals surface area contributed by atoms with Crippen LogP contribution in [0.3, 0.4) is 0 Å². The van der Waals surface area contributed by atoms with E-state index in [-0.39, 0.29) is 0 Å². The van der Waals surface area contributed by atoms with E-state index in [0.29, 0.717) is 10.7 Å². The van der Waals surface area contributed by atoms with Crippen LogP contribution in [-0.4, -0.2) is 11.0 Å². The van der Waals surface area contributed by atoms with Crippen LogP contribution in [0.2, 0.25) is 5.02 Å². The second-order valence-corrected chi connectivity index (χ2v) is 3.78. The molecule has 0 radical (unpaired) electrons. The third-order valence-corrected chi connectivity index (χ3v) is 2.36. The van der Waals surface area contributed by atoms with Gasteiger partial charge in [0.05, 0.1) is 0 Å². The molecule has 0 N–H and O–H groups in total. The summed E-state index contributed by atoms with van der Waals surface area (Å²) in [6, 6.07) is 16.2. The van der Waals surface area contributed by atoms with Gasteiger partial charge in [-0.15, -0.1) is 0 Å². The van der Waals surface area contributed by atoms with Gasteiger partial charge >= 0.3 is 0 Å². The Labute approximate surface area is 99.0 Å². The molecule has 0 aromatic heterocycles. The minimum atomic E-state index is 0.600. The Morgan fingerprint density at radius 3 is 2.44 bits per heavy atom. The lowest BCUT2D eigenvalue weighted by Crippen LogP contribution is -1.98. The van der Waals surface area contributed by atoms with E-state index in [1.165, 1.54) is 6.21 Å². The maximum atomic E-state index is 11.7. The van der Waals surface area contributed by atoms with Gasteiger partial charge in [-0.2, -0.15) is 4.74 Å². The molecule has 16 heavy (non-hydrogen) atoms. The summed E-state index contributed by atoms with van der Waals surface area (Å²) in [6.45, 7) is 0. The maximum absolute atomic E-state index is 11.7. The molecule has 2 rings (SSSR count). The third-order valence-electron chi connectivity index (χ3n) is 2.13. The van der Waals surface area contributed by atoms with Gasteiger partial charge in [0.15, 0.2) is 6.21 Å². The normalized spacial score (nSPS) is 11.4. The fraction of sp³-hybridized carbons (Fsp3) is 0. The van der Waals surface area contributed by atoms with E-state index in [4.69, 9.17) is 11.6 Å². The van der Waals surface area contributed by atoms with Gasteiger partial charge in [0.1, 0.15) is 0 Å². The Hall–Kier alpha value is -1.80. The maximum Gasteiger partial charge on any atom is 0.216 e. The smallest absolute Gasteiger partial charge is 0.216 e. The van der Waals surface area contributed by atoms with E-state index in [1.807, 2.05) is 30.3 Å². The summed E-state index contributed by atoms with van der Waals surface area (Å²) in [4.78, 5) is 0. The van der Waals surface area contributed by atoms with Crippen LogP contribution >= 0.6 is 11.6 Å². The number of hydrogen-bond donors (Lipinski definition) is 0. The molecule has 0 fully saturated rings. The summed E-state index contributed by atoms with van der Waals surface area (Å²) < 4.78 is 0.825. The Bertz CT molecular complexity index is 508. The molecule has 0 spiro atoms. The molecule has 2 aromatic carbocycles. The molecule has 0 atom stereocenters. The van der Waals surface area contributed by atoms with Crippen molar-refractivity contribution in [2.24, 2.45) is 0 Å². The van der Waals surface area contributed by atoms with Gasteiger partial charge < -0.3 is 5.21 Å². The molecule has 0 saturated carbocycles. The van der Waals surface area contributed by atoms with Crippen molar-refractivity contribution in [2.45, 2.75) is 0 Å². The molecular formula is C13H10ClNO. The van der Waals surface area contributed by atoms with Crippen molar-refractivity contribution in [3.63, 3.8) is 0 Å². The average molecular weight is 232 g/mol. The van der Waals surface area contributed by atoms with E-state index in [9.17, 15) is 5.21 Å². The average Bonchev–Trinajstić information content (AvgIpc) is 2.30. The van der Waals surface area contributed by atoms with Crippen LogP contribution < -0.4 is 0 Å². The minimum absolute atomic E-state index is 0.600. The van der Waals surface area contributed by atoms with Crippen LogP contribution in [-0.2, 0) is 0 Å². The zero-order valence-corrected chi connectivity index (χ0v) is 9.26. The highest BCUT2D eigenvalue weighted by Gasteiger charge is 2.00. The number of nitrogens with zero attached hydrogens (tertiary/aromatic N) is 1. The summed E-state index contributed by atoms with van der Waals surface area (Å²) in [5, 5.41) is 12.4. The predicted molar refractivity (Wildman–Crippen MR) is 66.3 cm³/mol. The summed E-state index contributed by atoms with van der Waals surface area (Å²) in [5.74, 6) is 0. The molecular weight excluding hydrogens is 222 g/mol. The van der Waals surface area contributed by atoms with Crippen molar-refractivity contribution in [1.82, 2.24) is 0 Å². The van der Waals surface area contributed by atoms with Gasteiger partial charge in [-0.05, 0) is 18.2 Å². The van der Waals surface area contributed by atoms with E-state index < -0.39 is 0 Å². The molecule has 2 nitrogen and oxygen atoms in total. The second-order valence-electron chi connectivity index (χ2n) is 3.35. The Kier molecular flexibility index (Phi) is 3.22. The number of para-hydroxylation sites is 1. The zero-order chi connectivity index (χ0) is 11.4. The Morgan fingerprint density at radius 2 is 1.75 bits per heavy atom. The SMILES string of the molecule is [O-][N+](=Cc1cccc(Cl)c1)c1ccccc1. The van der Waals surface area contributed by atoms with Crippen LogP contribution in [0.4, 0.5) is 5.69 Å². The molecule has 2 aromatic rings. The summed E-state index contributed by atoms with van der Waals surface area (Å²) in [5.41, 5.74) is 1.38. The highest BCUT2D eigenvalue weighted by Crippen LogP contribution is 2.12. The van der Waals surface area contributed by atoms with Crippen LogP contribution in [0, 0.1) is 5.21 Å². The Balaban J connectivity index is 2.32. The fourth-order valence-electron chi connectivity index (χ4n) is 1.37. The van der Waals surface area contributed by atoms with Crippen molar-refractivity contribution in [2.75, 3.05) is 0 Å². The molecule has 0 unspecified atom stereocenters. The van der Waals surface area contributed by atoms with Crippen molar-refractivity contribution in [1.29, 1.82) is 0 Å². The Morgan fingerprint density at radius 1 is 1.00 bits per heavy atom. The first-order valence-electron chi connectivity index (χ1n) is 4.87. The van der Waals surface area contributed by atoms with Gasteiger partial charge in [-0.1, -0.05) is 35.9 Å². The van der Waals surface area contributed by atoms with E-state index in [1.54, 1.807) is 24.3 Å². The summed E-state index contributed by atoms with van der Waals surface area (Å²) in [7, 11) is 0.